The van der Waals surface area contributed by atoms with Gasteiger partial charge in [-0.3, -0.25) is 4.79 Å². The zero-order valence-electron chi connectivity index (χ0n) is 8.78. The molecule has 3 rings (SSSR count). The molecule has 0 aromatic carbocycles. The summed E-state index contributed by atoms with van der Waals surface area (Å²) >= 11 is 6.67. The Labute approximate surface area is 113 Å². The van der Waals surface area contributed by atoms with Crippen molar-refractivity contribution in [1.82, 2.24) is 9.97 Å². The van der Waals surface area contributed by atoms with Gasteiger partial charge in [0.05, 0.1) is 15.6 Å². The summed E-state index contributed by atoms with van der Waals surface area (Å²) in [6.45, 7) is 2.06. The monoisotopic (exact) mass is 326 g/mol. The molecule has 0 unspecified atom stereocenters. The molecule has 0 fully saturated rings. The standard InChI is InChI=1S/C11H7BrN2OS2/c1-5-2-7(17-10(5)12)8-3-6-9(16-8)11(15)14-4-13-6/h2-4H,1H3,(H,13,14,15). The minimum Gasteiger partial charge on any atom is -0.312 e. The number of halogens is 1. The SMILES string of the molecule is Cc1cc(-c2cc3nc[nH]c(=O)c3s2)sc1Br. The van der Waals surface area contributed by atoms with Gasteiger partial charge in [0.2, 0.25) is 0 Å². The molecule has 0 aliphatic carbocycles. The lowest BCUT2D eigenvalue weighted by molar-refractivity contribution is 1.18. The van der Waals surface area contributed by atoms with Gasteiger partial charge in [0, 0.05) is 9.75 Å². The number of rotatable bonds is 1. The molecule has 3 nitrogen and oxygen atoms in total. The highest BCUT2D eigenvalue weighted by Gasteiger charge is 2.11. The Kier molecular flexibility index (Phi) is 2.65. The van der Waals surface area contributed by atoms with E-state index in [0.29, 0.717) is 4.70 Å². The van der Waals surface area contributed by atoms with Crippen LogP contribution in [0.2, 0.25) is 0 Å². The van der Waals surface area contributed by atoms with E-state index in [1.165, 1.54) is 23.2 Å². The zero-order chi connectivity index (χ0) is 12.0. The molecule has 0 aliphatic rings. The third-order valence-corrected chi connectivity index (χ3v) is 5.87. The van der Waals surface area contributed by atoms with Gasteiger partial charge in [-0.15, -0.1) is 22.7 Å². The Hall–Kier alpha value is -0.980. The van der Waals surface area contributed by atoms with Gasteiger partial charge in [0.25, 0.3) is 5.56 Å². The molecule has 0 saturated heterocycles. The summed E-state index contributed by atoms with van der Waals surface area (Å²) in [4.78, 5) is 20.6. The molecule has 3 heterocycles. The van der Waals surface area contributed by atoms with E-state index < -0.39 is 0 Å². The van der Waals surface area contributed by atoms with Crippen molar-refractivity contribution < 1.29 is 0 Å². The third kappa shape index (κ3) is 1.86. The number of hydrogen-bond donors (Lipinski definition) is 1. The Balaban J connectivity index is 2.25. The molecule has 1 N–H and O–H groups in total. The molecular weight excluding hydrogens is 320 g/mol. The number of aromatic nitrogens is 2. The molecule has 0 saturated carbocycles. The summed E-state index contributed by atoms with van der Waals surface area (Å²) in [5.41, 5.74) is 1.90. The molecule has 86 valence electrons. The molecule has 17 heavy (non-hydrogen) atoms. The summed E-state index contributed by atoms with van der Waals surface area (Å²) in [7, 11) is 0. The first kappa shape index (κ1) is 11.1. The molecule has 0 amide bonds. The predicted molar refractivity (Wildman–Crippen MR) is 76.0 cm³/mol. The van der Waals surface area contributed by atoms with Gasteiger partial charge in [0.1, 0.15) is 4.70 Å². The maximum atomic E-state index is 11.6. The van der Waals surface area contributed by atoms with Crippen LogP contribution in [0, 0.1) is 6.92 Å². The van der Waals surface area contributed by atoms with Crippen LogP contribution in [0.15, 0.2) is 27.0 Å². The van der Waals surface area contributed by atoms with Crippen LogP contribution in [-0.2, 0) is 0 Å². The van der Waals surface area contributed by atoms with E-state index in [-0.39, 0.29) is 5.56 Å². The number of aryl methyl sites for hydroxylation is 1. The van der Waals surface area contributed by atoms with E-state index in [9.17, 15) is 4.79 Å². The first-order chi connectivity index (χ1) is 8.15. The van der Waals surface area contributed by atoms with Gasteiger partial charge in [0.15, 0.2) is 0 Å². The Morgan fingerprint density at radius 2 is 2.06 bits per heavy atom. The molecule has 0 atom stereocenters. The fourth-order valence-corrected chi connectivity index (χ4v) is 4.18. The number of fused-ring (bicyclic) bond motifs is 1. The fraction of sp³-hybridized carbons (Fsp3) is 0.0909. The molecule has 0 bridgehead atoms. The van der Waals surface area contributed by atoms with E-state index >= 15 is 0 Å². The van der Waals surface area contributed by atoms with Crippen LogP contribution in [0.25, 0.3) is 20.0 Å². The first-order valence-corrected chi connectivity index (χ1v) is 7.31. The van der Waals surface area contributed by atoms with Crippen LogP contribution in [0.3, 0.4) is 0 Å². The Morgan fingerprint density at radius 3 is 2.71 bits per heavy atom. The van der Waals surface area contributed by atoms with Crippen molar-refractivity contribution >= 4 is 48.8 Å². The Bertz CT molecular complexity index is 737. The second kappa shape index (κ2) is 4.04. The van der Waals surface area contributed by atoms with Crippen LogP contribution >= 0.6 is 38.6 Å². The van der Waals surface area contributed by atoms with Crippen molar-refractivity contribution in [3.63, 3.8) is 0 Å². The summed E-state index contributed by atoms with van der Waals surface area (Å²) < 4.78 is 1.82. The lowest BCUT2D eigenvalue weighted by Crippen LogP contribution is -2.02. The molecule has 0 radical (unpaired) electrons. The number of thiophene rings is 2. The maximum absolute atomic E-state index is 11.6. The van der Waals surface area contributed by atoms with E-state index in [1.807, 2.05) is 6.07 Å². The Morgan fingerprint density at radius 1 is 1.29 bits per heavy atom. The second-order valence-electron chi connectivity index (χ2n) is 3.62. The molecule has 6 heteroatoms. The van der Waals surface area contributed by atoms with E-state index in [4.69, 9.17) is 0 Å². The number of nitrogens with zero attached hydrogens (tertiary/aromatic N) is 1. The molecule has 3 aromatic heterocycles. The maximum Gasteiger partial charge on any atom is 0.268 e. The van der Waals surface area contributed by atoms with Crippen molar-refractivity contribution in [2.24, 2.45) is 0 Å². The number of H-pyrrole nitrogens is 1. The van der Waals surface area contributed by atoms with Gasteiger partial charge < -0.3 is 4.98 Å². The molecule has 3 aromatic rings. The van der Waals surface area contributed by atoms with Crippen molar-refractivity contribution in [3.8, 4) is 9.75 Å². The average molecular weight is 327 g/mol. The van der Waals surface area contributed by atoms with Gasteiger partial charge in [-0.1, -0.05) is 0 Å². The average Bonchev–Trinajstić information content (AvgIpc) is 2.85. The molecular formula is C11H7BrN2OS2. The van der Waals surface area contributed by atoms with Gasteiger partial charge >= 0.3 is 0 Å². The zero-order valence-corrected chi connectivity index (χ0v) is 12.0. The van der Waals surface area contributed by atoms with Gasteiger partial charge in [-0.05, 0) is 40.5 Å². The number of aromatic amines is 1. The highest BCUT2D eigenvalue weighted by atomic mass is 79.9. The first-order valence-electron chi connectivity index (χ1n) is 4.88. The molecule has 0 spiro atoms. The summed E-state index contributed by atoms with van der Waals surface area (Å²) in [6.07, 6.45) is 1.44. The lowest BCUT2D eigenvalue weighted by Gasteiger charge is -1.85. The topological polar surface area (TPSA) is 45.8 Å². The van der Waals surface area contributed by atoms with Crippen molar-refractivity contribution in [2.75, 3.05) is 0 Å². The smallest absolute Gasteiger partial charge is 0.268 e. The molecule has 0 aliphatic heterocycles. The minimum atomic E-state index is -0.0707. The minimum absolute atomic E-state index is 0.0707. The van der Waals surface area contributed by atoms with Crippen LogP contribution < -0.4 is 5.56 Å². The predicted octanol–water partition coefficient (Wildman–Crippen LogP) is 3.78. The quantitative estimate of drug-likeness (QED) is 0.739. The van der Waals surface area contributed by atoms with Crippen molar-refractivity contribution in [3.05, 3.63) is 38.2 Å². The van der Waals surface area contributed by atoms with Crippen molar-refractivity contribution in [2.45, 2.75) is 6.92 Å². The van der Waals surface area contributed by atoms with E-state index in [1.54, 1.807) is 11.3 Å². The van der Waals surface area contributed by atoms with Crippen LogP contribution in [0.1, 0.15) is 5.56 Å². The third-order valence-electron chi connectivity index (χ3n) is 2.42. The van der Waals surface area contributed by atoms with Crippen LogP contribution in [-0.4, -0.2) is 9.97 Å². The second-order valence-corrected chi connectivity index (χ2v) is 7.05. The van der Waals surface area contributed by atoms with Gasteiger partial charge in [-0.25, -0.2) is 4.98 Å². The lowest BCUT2D eigenvalue weighted by atomic mass is 10.3. The fourth-order valence-electron chi connectivity index (χ4n) is 1.57. The van der Waals surface area contributed by atoms with E-state index in [2.05, 4.69) is 38.9 Å². The number of hydrogen-bond acceptors (Lipinski definition) is 4. The summed E-state index contributed by atoms with van der Waals surface area (Å²) in [5.74, 6) is 0. The summed E-state index contributed by atoms with van der Waals surface area (Å²) in [5, 5.41) is 0. The van der Waals surface area contributed by atoms with E-state index in [0.717, 1.165) is 19.1 Å². The highest BCUT2D eigenvalue weighted by Crippen LogP contribution is 2.38. The van der Waals surface area contributed by atoms with Crippen LogP contribution in [0.5, 0.6) is 0 Å². The van der Waals surface area contributed by atoms with Crippen molar-refractivity contribution in [1.29, 1.82) is 0 Å². The number of nitrogens with one attached hydrogen (secondary N) is 1. The normalized spacial score (nSPS) is 11.2. The van der Waals surface area contributed by atoms with Gasteiger partial charge in [-0.2, -0.15) is 0 Å². The largest absolute Gasteiger partial charge is 0.312 e. The highest BCUT2D eigenvalue weighted by molar-refractivity contribution is 9.11. The van der Waals surface area contributed by atoms with Crippen LogP contribution in [0.4, 0.5) is 0 Å². The summed E-state index contributed by atoms with van der Waals surface area (Å²) in [6, 6.07) is 4.08.